The van der Waals surface area contributed by atoms with Crippen LogP contribution in [0.25, 0.3) is 21.9 Å². The maximum absolute atomic E-state index is 13.4. The van der Waals surface area contributed by atoms with E-state index in [-0.39, 0.29) is 24.5 Å². The van der Waals surface area contributed by atoms with Gasteiger partial charge in [0.1, 0.15) is 6.04 Å². The van der Waals surface area contributed by atoms with Crippen molar-refractivity contribution in [2.24, 2.45) is 5.73 Å². The van der Waals surface area contributed by atoms with Crippen molar-refractivity contribution in [3.8, 4) is 11.1 Å². The Hall–Kier alpha value is -3.99. The number of hydrogen-bond acceptors (Lipinski definition) is 5. The smallest absolute Gasteiger partial charge is 0.254 e. The Labute approximate surface area is 224 Å². The summed E-state index contributed by atoms with van der Waals surface area (Å²) in [4.78, 5) is 27.0. The Balaban J connectivity index is 1.36. The van der Waals surface area contributed by atoms with Crippen LogP contribution in [0.3, 0.4) is 0 Å². The third-order valence-electron chi connectivity index (χ3n) is 6.61. The molecule has 3 aromatic carbocycles. The van der Waals surface area contributed by atoms with Crippen LogP contribution in [0.4, 0.5) is 0 Å². The zero-order valence-corrected chi connectivity index (χ0v) is 21.6. The van der Waals surface area contributed by atoms with Crippen molar-refractivity contribution in [3.63, 3.8) is 0 Å². The molecule has 0 radical (unpaired) electrons. The third kappa shape index (κ3) is 4.93. The third-order valence-corrected chi connectivity index (χ3v) is 8.71. The van der Waals surface area contributed by atoms with Gasteiger partial charge >= 0.3 is 0 Å². The summed E-state index contributed by atoms with van der Waals surface area (Å²) in [6, 6.07) is 18.8. The first-order valence-corrected chi connectivity index (χ1v) is 13.5. The molecule has 2 N–H and O–H groups in total. The topological polar surface area (TPSA) is 128 Å². The summed E-state index contributed by atoms with van der Waals surface area (Å²) < 4.78 is 28.7. The van der Waals surface area contributed by atoms with Crippen molar-refractivity contribution >= 4 is 44.2 Å². The van der Waals surface area contributed by atoms with E-state index in [0.29, 0.717) is 20.7 Å². The molecular formula is C27H23ClN4O5S. The number of hydrogen-bond donors (Lipinski definition) is 1. The molecule has 1 unspecified atom stereocenters. The average molecular weight is 551 g/mol. The average Bonchev–Trinajstić information content (AvgIpc) is 2.92. The number of sulfonamides is 1. The molecule has 1 saturated heterocycles. The summed E-state index contributed by atoms with van der Waals surface area (Å²) in [5.74, 6) is -1.22. The largest absolute Gasteiger partial charge is 0.619 e. The summed E-state index contributed by atoms with van der Waals surface area (Å²) >= 11 is 6.03. The van der Waals surface area contributed by atoms with Crippen molar-refractivity contribution < 1.29 is 22.7 Å². The van der Waals surface area contributed by atoms with Crippen LogP contribution in [0.15, 0.2) is 90.1 Å². The van der Waals surface area contributed by atoms with Crippen LogP contribution in [0.2, 0.25) is 5.02 Å². The van der Waals surface area contributed by atoms with Gasteiger partial charge in [0.2, 0.25) is 15.9 Å². The van der Waals surface area contributed by atoms with Gasteiger partial charge in [-0.05, 0) is 58.3 Å². The van der Waals surface area contributed by atoms with Crippen LogP contribution in [0, 0.1) is 5.21 Å². The molecule has 1 aromatic heterocycles. The maximum atomic E-state index is 13.4. The van der Waals surface area contributed by atoms with Crippen molar-refractivity contribution in [1.29, 1.82) is 0 Å². The van der Waals surface area contributed by atoms with E-state index in [4.69, 9.17) is 17.3 Å². The molecule has 11 heteroatoms. The van der Waals surface area contributed by atoms with Gasteiger partial charge in [0.15, 0.2) is 12.4 Å². The van der Waals surface area contributed by atoms with Crippen LogP contribution >= 0.6 is 11.6 Å². The van der Waals surface area contributed by atoms with Gasteiger partial charge in [-0.2, -0.15) is 9.04 Å². The molecule has 1 fully saturated rings. The van der Waals surface area contributed by atoms with Crippen LogP contribution in [-0.4, -0.2) is 55.1 Å². The fourth-order valence-corrected chi connectivity index (χ4v) is 6.20. The molecule has 194 valence electrons. The van der Waals surface area contributed by atoms with Gasteiger partial charge in [-0.3, -0.25) is 9.59 Å². The van der Waals surface area contributed by atoms with Crippen molar-refractivity contribution in [2.45, 2.75) is 10.9 Å². The monoisotopic (exact) mass is 550 g/mol. The number of pyridine rings is 1. The van der Waals surface area contributed by atoms with E-state index < -0.39 is 27.9 Å². The fraction of sp³-hybridized carbons (Fsp3) is 0.148. The predicted molar refractivity (Wildman–Crippen MR) is 143 cm³/mol. The summed E-state index contributed by atoms with van der Waals surface area (Å²) in [5.41, 5.74) is 7.57. The molecule has 4 aromatic rings. The molecule has 1 aliphatic heterocycles. The quantitative estimate of drug-likeness (QED) is 0.302. The minimum atomic E-state index is -3.95. The molecule has 1 aliphatic rings. The van der Waals surface area contributed by atoms with Crippen molar-refractivity contribution in [2.75, 3.05) is 19.6 Å². The number of benzene rings is 3. The van der Waals surface area contributed by atoms with E-state index in [1.807, 2.05) is 0 Å². The van der Waals surface area contributed by atoms with E-state index in [2.05, 4.69) is 0 Å². The zero-order valence-electron chi connectivity index (χ0n) is 20.0. The minimum absolute atomic E-state index is 0.00119. The van der Waals surface area contributed by atoms with Gasteiger partial charge in [-0.1, -0.05) is 35.9 Å². The molecule has 0 saturated carbocycles. The van der Waals surface area contributed by atoms with Crippen LogP contribution in [-0.2, 0) is 14.8 Å². The first-order chi connectivity index (χ1) is 18.1. The fourth-order valence-electron chi connectivity index (χ4n) is 4.54. The Bertz CT molecular complexity index is 1640. The number of amides is 2. The van der Waals surface area contributed by atoms with Gasteiger partial charge in [-0.25, -0.2) is 8.42 Å². The first-order valence-electron chi connectivity index (χ1n) is 11.7. The summed E-state index contributed by atoms with van der Waals surface area (Å²) in [6.45, 7) is -0.244. The molecule has 0 aliphatic carbocycles. The molecule has 0 spiro atoms. The minimum Gasteiger partial charge on any atom is -0.619 e. The van der Waals surface area contributed by atoms with Crippen LogP contribution in [0.5, 0.6) is 0 Å². The number of rotatable bonds is 5. The van der Waals surface area contributed by atoms with E-state index in [0.717, 1.165) is 16.5 Å². The van der Waals surface area contributed by atoms with Gasteiger partial charge in [0, 0.05) is 42.4 Å². The number of halogens is 1. The molecule has 5 rings (SSSR count). The van der Waals surface area contributed by atoms with Gasteiger partial charge < -0.3 is 15.8 Å². The number of nitrogens with two attached hydrogens (primary N) is 1. The van der Waals surface area contributed by atoms with Crippen LogP contribution in [0.1, 0.15) is 10.4 Å². The summed E-state index contributed by atoms with van der Waals surface area (Å²) in [6.07, 6.45) is 2.76. The standard InChI is InChI=1S/C27H23ClN4O5S/c28-23-7-5-22-16-24(8-6-21(22)15-23)38(36,37)31-13-14-32(25(17-31)26(29)33)27(34)20-3-1-18(2-4-20)19-9-11-30(35)12-10-19/h1-12,15-16,25H,13-14,17H2,(H2,29,33). The molecule has 1 atom stereocenters. The normalized spacial score (nSPS) is 16.4. The van der Waals surface area contributed by atoms with Gasteiger partial charge in [0.05, 0.1) is 4.90 Å². The number of carbonyl (C=O) groups is 2. The molecule has 0 bridgehead atoms. The Morgan fingerprint density at radius 3 is 2.21 bits per heavy atom. The highest BCUT2D eigenvalue weighted by atomic mass is 35.5. The summed E-state index contributed by atoms with van der Waals surface area (Å²) in [5, 5.41) is 13.3. The lowest BCUT2D eigenvalue weighted by atomic mass is 10.0. The highest BCUT2D eigenvalue weighted by Crippen LogP contribution is 2.27. The number of primary amides is 1. The number of nitrogens with zero attached hydrogens (tertiary/aromatic N) is 3. The van der Waals surface area contributed by atoms with E-state index in [9.17, 15) is 23.2 Å². The van der Waals surface area contributed by atoms with Gasteiger partial charge in [0.25, 0.3) is 5.91 Å². The van der Waals surface area contributed by atoms with Crippen molar-refractivity contribution in [1.82, 2.24) is 9.21 Å². The lowest BCUT2D eigenvalue weighted by molar-refractivity contribution is -0.605. The molecule has 2 heterocycles. The molecular weight excluding hydrogens is 528 g/mol. The highest BCUT2D eigenvalue weighted by molar-refractivity contribution is 7.89. The maximum Gasteiger partial charge on any atom is 0.254 e. The van der Waals surface area contributed by atoms with E-state index >= 15 is 0 Å². The summed E-state index contributed by atoms with van der Waals surface area (Å²) in [7, 11) is -3.95. The highest BCUT2D eigenvalue weighted by Gasteiger charge is 2.39. The first kappa shape index (κ1) is 25.7. The van der Waals surface area contributed by atoms with Crippen molar-refractivity contribution in [3.05, 3.63) is 101 Å². The SMILES string of the molecule is NC(=O)C1CN(S(=O)(=O)c2ccc3cc(Cl)ccc3c2)CCN1C(=O)c1ccc(-c2cc[n+]([O-])cc2)cc1. The van der Waals surface area contributed by atoms with Gasteiger partial charge in [-0.15, -0.1) is 0 Å². The Kier molecular flexibility index (Phi) is 6.78. The molecule has 2 amide bonds. The lowest BCUT2D eigenvalue weighted by Gasteiger charge is -2.39. The van der Waals surface area contributed by atoms with E-state index in [1.54, 1.807) is 66.7 Å². The Morgan fingerprint density at radius 1 is 0.895 bits per heavy atom. The van der Waals surface area contributed by atoms with E-state index in [1.165, 1.54) is 27.7 Å². The molecule has 38 heavy (non-hydrogen) atoms. The van der Waals surface area contributed by atoms with Crippen LogP contribution < -0.4 is 10.5 Å². The lowest BCUT2D eigenvalue weighted by Crippen LogP contribution is -2.60. The second-order valence-corrected chi connectivity index (χ2v) is 11.3. The number of fused-ring (bicyclic) bond motifs is 1. The number of aromatic nitrogens is 1. The number of piperazine rings is 1. The second-order valence-electron chi connectivity index (χ2n) is 8.96. The predicted octanol–water partition coefficient (Wildman–Crippen LogP) is 2.79. The zero-order chi connectivity index (χ0) is 27.0. The molecule has 9 nitrogen and oxygen atoms in total. The second kappa shape index (κ2) is 10.1. The Morgan fingerprint density at radius 2 is 1.53 bits per heavy atom. The number of carbonyl (C=O) groups excluding carboxylic acids is 2.